The normalized spacial score (nSPS) is 10.9. The number of para-hydroxylation sites is 1. The molecule has 0 aliphatic rings. The number of rotatable bonds is 6. The molecule has 3 N–H and O–H groups in total. The van der Waals surface area contributed by atoms with Crippen molar-refractivity contribution in [1.29, 1.82) is 0 Å². The summed E-state index contributed by atoms with van der Waals surface area (Å²) in [6.07, 6.45) is 4.49. The molecular formula is C19H16Cl2N6. The first-order valence-electron chi connectivity index (χ1n) is 8.39. The van der Waals surface area contributed by atoms with Crippen LogP contribution < -0.4 is 10.6 Å². The van der Waals surface area contributed by atoms with Crippen molar-refractivity contribution < 1.29 is 0 Å². The summed E-state index contributed by atoms with van der Waals surface area (Å²) in [6, 6.07) is 13.4. The molecular weight excluding hydrogens is 383 g/mol. The van der Waals surface area contributed by atoms with E-state index in [0.29, 0.717) is 27.5 Å². The van der Waals surface area contributed by atoms with E-state index in [1.165, 1.54) is 10.9 Å². The van der Waals surface area contributed by atoms with Crippen LogP contribution in [0.15, 0.2) is 54.9 Å². The predicted octanol–water partition coefficient (Wildman–Crippen LogP) is 5.06. The van der Waals surface area contributed by atoms with Crippen molar-refractivity contribution in [3.05, 3.63) is 70.5 Å². The molecule has 2 heterocycles. The summed E-state index contributed by atoms with van der Waals surface area (Å²) in [7, 11) is 0. The molecule has 0 fully saturated rings. The summed E-state index contributed by atoms with van der Waals surface area (Å²) < 4.78 is 0. The first-order chi connectivity index (χ1) is 13.2. The number of nitrogens with one attached hydrogen (secondary N) is 3. The average molecular weight is 399 g/mol. The average Bonchev–Trinajstić information content (AvgIpc) is 3.05. The Balaban J connectivity index is 1.40. The number of hydrogen-bond donors (Lipinski definition) is 3. The number of H-pyrrole nitrogens is 1. The molecule has 2 aromatic heterocycles. The first kappa shape index (κ1) is 17.6. The van der Waals surface area contributed by atoms with Crippen LogP contribution in [0.5, 0.6) is 0 Å². The molecule has 27 heavy (non-hydrogen) atoms. The highest BCUT2D eigenvalue weighted by Crippen LogP contribution is 2.24. The van der Waals surface area contributed by atoms with Gasteiger partial charge in [0.15, 0.2) is 5.82 Å². The van der Waals surface area contributed by atoms with Crippen LogP contribution >= 0.6 is 23.2 Å². The van der Waals surface area contributed by atoms with Gasteiger partial charge in [-0.25, -0.2) is 0 Å². The van der Waals surface area contributed by atoms with Gasteiger partial charge in [-0.15, -0.1) is 5.10 Å². The van der Waals surface area contributed by atoms with Crippen LogP contribution in [-0.4, -0.2) is 26.7 Å². The molecule has 0 aliphatic heterocycles. The van der Waals surface area contributed by atoms with E-state index in [4.69, 9.17) is 23.2 Å². The molecule has 4 rings (SSSR count). The summed E-state index contributed by atoms with van der Waals surface area (Å²) in [5.74, 6) is 1.01. The fourth-order valence-electron chi connectivity index (χ4n) is 2.86. The highest BCUT2D eigenvalue weighted by Gasteiger charge is 2.05. The first-order valence-corrected chi connectivity index (χ1v) is 9.15. The van der Waals surface area contributed by atoms with Crippen LogP contribution in [0.25, 0.3) is 10.9 Å². The van der Waals surface area contributed by atoms with Gasteiger partial charge in [-0.3, -0.25) is 0 Å². The maximum Gasteiger partial charge on any atom is 0.249 e. The maximum absolute atomic E-state index is 6.01. The van der Waals surface area contributed by atoms with Gasteiger partial charge in [0, 0.05) is 39.4 Å². The minimum absolute atomic E-state index is 0.366. The third-order valence-electron chi connectivity index (χ3n) is 4.05. The Kier molecular flexibility index (Phi) is 5.09. The molecule has 0 unspecified atom stereocenters. The molecule has 0 radical (unpaired) electrons. The van der Waals surface area contributed by atoms with E-state index in [1.807, 2.05) is 18.3 Å². The van der Waals surface area contributed by atoms with Crippen LogP contribution in [0.2, 0.25) is 10.0 Å². The van der Waals surface area contributed by atoms with Crippen LogP contribution in [-0.2, 0) is 6.42 Å². The minimum atomic E-state index is 0.366. The van der Waals surface area contributed by atoms with Crippen molar-refractivity contribution in [2.24, 2.45) is 0 Å². The van der Waals surface area contributed by atoms with Gasteiger partial charge in [-0.2, -0.15) is 10.1 Å². The second-order valence-corrected chi connectivity index (χ2v) is 6.86. The Bertz CT molecular complexity index is 1060. The van der Waals surface area contributed by atoms with E-state index < -0.39 is 0 Å². The number of fused-ring (bicyclic) bond motifs is 1. The molecule has 0 amide bonds. The number of anilines is 3. The smallest absolute Gasteiger partial charge is 0.249 e. The van der Waals surface area contributed by atoms with Crippen molar-refractivity contribution in [2.45, 2.75) is 6.42 Å². The van der Waals surface area contributed by atoms with Gasteiger partial charge in [0.05, 0.1) is 6.20 Å². The van der Waals surface area contributed by atoms with Gasteiger partial charge in [-0.1, -0.05) is 41.4 Å². The van der Waals surface area contributed by atoms with Gasteiger partial charge in [0.2, 0.25) is 5.95 Å². The lowest BCUT2D eigenvalue weighted by Gasteiger charge is -2.08. The quantitative estimate of drug-likeness (QED) is 0.423. The van der Waals surface area contributed by atoms with Crippen LogP contribution in [0.4, 0.5) is 17.5 Å². The lowest BCUT2D eigenvalue weighted by molar-refractivity contribution is 0.952. The molecule has 136 valence electrons. The van der Waals surface area contributed by atoms with Crippen LogP contribution in [0.1, 0.15) is 5.56 Å². The Labute approximate surface area is 165 Å². The fraction of sp³-hybridized carbons (Fsp3) is 0.105. The predicted molar refractivity (Wildman–Crippen MR) is 110 cm³/mol. The van der Waals surface area contributed by atoms with Crippen molar-refractivity contribution in [2.75, 3.05) is 17.2 Å². The molecule has 0 saturated carbocycles. The van der Waals surface area contributed by atoms with Crippen molar-refractivity contribution in [3.63, 3.8) is 0 Å². The highest BCUT2D eigenvalue weighted by molar-refractivity contribution is 6.35. The van der Waals surface area contributed by atoms with Crippen LogP contribution in [0.3, 0.4) is 0 Å². The highest BCUT2D eigenvalue weighted by atomic mass is 35.5. The third kappa shape index (κ3) is 4.30. The number of hydrogen-bond acceptors (Lipinski definition) is 5. The van der Waals surface area contributed by atoms with Gasteiger partial charge in [-0.05, 0) is 36.2 Å². The second-order valence-electron chi connectivity index (χ2n) is 5.98. The van der Waals surface area contributed by atoms with E-state index in [9.17, 15) is 0 Å². The van der Waals surface area contributed by atoms with E-state index in [0.717, 1.165) is 18.5 Å². The van der Waals surface area contributed by atoms with Gasteiger partial charge in [0.1, 0.15) is 0 Å². The van der Waals surface area contributed by atoms with Crippen molar-refractivity contribution in [1.82, 2.24) is 20.2 Å². The number of aromatic nitrogens is 4. The van der Waals surface area contributed by atoms with E-state index in [1.54, 1.807) is 24.4 Å². The molecule has 0 aliphatic carbocycles. The summed E-state index contributed by atoms with van der Waals surface area (Å²) in [5, 5.41) is 16.6. The zero-order valence-electron chi connectivity index (χ0n) is 14.2. The SMILES string of the molecule is Clc1cc(Cl)cc(Nc2nncc(NCCc3c[nH]c4ccccc34)n2)c1. The lowest BCUT2D eigenvalue weighted by atomic mass is 10.1. The number of aromatic amines is 1. The third-order valence-corrected chi connectivity index (χ3v) is 4.49. The van der Waals surface area contributed by atoms with Crippen LogP contribution in [0, 0.1) is 0 Å². The topological polar surface area (TPSA) is 78.5 Å². The molecule has 0 atom stereocenters. The molecule has 6 nitrogen and oxygen atoms in total. The molecule has 0 bridgehead atoms. The minimum Gasteiger partial charge on any atom is -0.368 e. The number of benzene rings is 2. The number of nitrogens with zero attached hydrogens (tertiary/aromatic N) is 3. The molecule has 8 heteroatoms. The Morgan fingerprint density at radius 1 is 1.04 bits per heavy atom. The Morgan fingerprint density at radius 2 is 1.85 bits per heavy atom. The Hall–Kier alpha value is -2.83. The molecule has 0 saturated heterocycles. The van der Waals surface area contributed by atoms with Gasteiger partial charge in [0.25, 0.3) is 0 Å². The zero-order valence-corrected chi connectivity index (χ0v) is 15.7. The molecule has 0 spiro atoms. The summed E-state index contributed by atoms with van der Waals surface area (Å²) in [6.45, 7) is 0.725. The van der Waals surface area contributed by atoms with Crippen molar-refractivity contribution >= 4 is 51.6 Å². The standard InChI is InChI=1S/C19H16Cl2N6/c20-13-7-14(21)9-15(8-13)25-19-26-18(11-24-27-19)22-6-5-12-10-23-17-4-2-1-3-16(12)17/h1-4,7-11,23H,5-6H2,(H2,22,25,26,27). The summed E-state index contributed by atoms with van der Waals surface area (Å²) in [4.78, 5) is 7.70. The summed E-state index contributed by atoms with van der Waals surface area (Å²) in [5.41, 5.74) is 3.10. The van der Waals surface area contributed by atoms with E-state index in [-0.39, 0.29) is 0 Å². The van der Waals surface area contributed by atoms with Gasteiger partial charge < -0.3 is 15.6 Å². The summed E-state index contributed by atoms with van der Waals surface area (Å²) >= 11 is 12.0. The second kappa shape index (κ2) is 7.82. The zero-order chi connectivity index (χ0) is 18.6. The fourth-order valence-corrected chi connectivity index (χ4v) is 3.39. The van der Waals surface area contributed by atoms with Crippen molar-refractivity contribution in [3.8, 4) is 0 Å². The molecule has 4 aromatic rings. The Morgan fingerprint density at radius 3 is 2.70 bits per heavy atom. The van der Waals surface area contributed by atoms with E-state index >= 15 is 0 Å². The maximum atomic E-state index is 6.01. The van der Waals surface area contributed by atoms with Gasteiger partial charge >= 0.3 is 0 Å². The number of halogens is 2. The molecule has 2 aromatic carbocycles. The van der Waals surface area contributed by atoms with E-state index in [2.05, 4.69) is 42.9 Å². The largest absolute Gasteiger partial charge is 0.368 e. The lowest BCUT2D eigenvalue weighted by Crippen LogP contribution is -2.08. The monoisotopic (exact) mass is 398 g/mol.